The molecular weight excluding hydrogens is 308 g/mol. The zero-order valence-electron chi connectivity index (χ0n) is 11.2. The summed E-state index contributed by atoms with van der Waals surface area (Å²) in [6.07, 6.45) is 0. The van der Waals surface area contributed by atoms with E-state index in [4.69, 9.17) is 29.6 Å². The van der Waals surface area contributed by atoms with Crippen molar-refractivity contribution in [1.29, 1.82) is 0 Å². The highest BCUT2D eigenvalue weighted by Crippen LogP contribution is 2.25. The number of hydrogen-bond donors (Lipinski definition) is 3. The molecule has 0 aliphatic carbocycles. The molecule has 0 spiro atoms. The minimum atomic E-state index is -0.462. The van der Waals surface area contributed by atoms with Gasteiger partial charge in [0.25, 0.3) is 5.91 Å². The molecule has 0 heterocycles. The molecule has 1 amide bonds. The van der Waals surface area contributed by atoms with Crippen molar-refractivity contribution in [3.63, 3.8) is 0 Å². The highest BCUT2D eigenvalue weighted by Gasteiger charge is 2.15. The molecule has 0 radical (unpaired) electrons. The van der Waals surface area contributed by atoms with Crippen LogP contribution in [0.2, 0.25) is 5.02 Å². The second kappa shape index (κ2) is 6.11. The molecule has 2 aromatic carbocycles. The number of anilines is 1. The Kier molecular flexibility index (Phi) is 4.45. The Hall–Kier alpha value is -2.11. The SMILES string of the molecule is Cc1cccc(C(=O)Nc2cc(Cl)ccc2C(N)=S)c1O. The van der Waals surface area contributed by atoms with E-state index >= 15 is 0 Å². The molecule has 4 nitrogen and oxygen atoms in total. The number of phenolic OH excluding ortho intramolecular Hbond substituents is 1. The number of halogens is 1. The Morgan fingerprint density at radius 1 is 1.29 bits per heavy atom. The first kappa shape index (κ1) is 15.3. The average Bonchev–Trinajstić information content (AvgIpc) is 2.41. The van der Waals surface area contributed by atoms with E-state index in [1.54, 1.807) is 37.3 Å². The van der Waals surface area contributed by atoms with Crippen LogP contribution in [0.25, 0.3) is 0 Å². The van der Waals surface area contributed by atoms with Crippen LogP contribution >= 0.6 is 23.8 Å². The lowest BCUT2D eigenvalue weighted by Gasteiger charge is -2.12. The van der Waals surface area contributed by atoms with Crippen molar-refractivity contribution in [3.05, 3.63) is 58.1 Å². The lowest BCUT2D eigenvalue weighted by molar-refractivity contribution is 0.102. The standard InChI is InChI=1S/C15H13ClN2O2S/c1-8-3-2-4-11(13(8)19)15(20)18-12-7-9(16)5-6-10(12)14(17)21/h2-7,19H,1H3,(H2,17,21)(H,18,20). The summed E-state index contributed by atoms with van der Waals surface area (Å²) in [7, 11) is 0. The minimum absolute atomic E-state index is 0.0612. The highest BCUT2D eigenvalue weighted by atomic mass is 35.5. The minimum Gasteiger partial charge on any atom is -0.507 e. The molecule has 0 bridgehead atoms. The second-order valence-electron chi connectivity index (χ2n) is 4.48. The van der Waals surface area contributed by atoms with Crippen LogP contribution in [-0.4, -0.2) is 16.0 Å². The first-order valence-corrected chi connectivity index (χ1v) is 6.88. The topological polar surface area (TPSA) is 75.4 Å². The van der Waals surface area contributed by atoms with Crippen LogP contribution in [0.1, 0.15) is 21.5 Å². The Labute approximate surface area is 132 Å². The van der Waals surface area contributed by atoms with E-state index < -0.39 is 5.91 Å². The fourth-order valence-corrected chi connectivity index (χ4v) is 2.22. The first-order valence-electron chi connectivity index (χ1n) is 6.09. The van der Waals surface area contributed by atoms with Gasteiger partial charge in [0.1, 0.15) is 10.7 Å². The number of carbonyl (C=O) groups excluding carboxylic acids is 1. The van der Waals surface area contributed by atoms with E-state index in [9.17, 15) is 9.90 Å². The van der Waals surface area contributed by atoms with Crippen LogP contribution in [0.3, 0.4) is 0 Å². The lowest BCUT2D eigenvalue weighted by Crippen LogP contribution is -2.17. The number of nitrogens with one attached hydrogen (secondary N) is 1. The van der Waals surface area contributed by atoms with Crippen molar-refractivity contribution in [2.45, 2.75) is 6.92 Å². The zero-order valence-corrected chi connectivity index (χ0v) is 12.8. The molecule has 0 atom stereocenters. The Balaban J connectivity index is 2.38. The largest absolute Gasteiger partial charge is 0.507 e. The van der Waals surface area contributed by atoms with Gasteiger partial charge < -0.3 is 16.2 Å². The van der Waals surface area contributed by atoms with Crippen molar-refractivity contribution < 1.29 is 9.90 Å². The number of aromatic hydroxyl groups is 1. The molecular formula is C15H13ClN2O2S. The van der Waals surface area contributed by atoms with Gasteiger partial charge in [-0.2, -0.15) is 0 Å². The number of aryl methyl sites for hydroxylation is 1. The van der Waals surface area contributed by atoms with E-state index in [-0.39, 0.29) is 16.3 Å². The summed E-state index contributed by atoms with van der Waals surface area (Å²) in [5.41, 5.74) is 7.32. The molecule has 0 saturated heterocycles. The summed E-state index contributed by atoms with van der Waals surface area (Å²) in [6.45, 7) is 1.71. The normalized spacial score (nSPS) is 10.2. The first-order chi connectivity index (χ1) is 9.90. The molecule has 6 heteroatoms. The molecule has 4 N–H and O–H groups in total. The monoisotopic (exact) mass is 320 g/mol. The smallest absolute Gasteiger partial charge is 0.259 e. The zero-order chi connectivity index (χ0) is 15.6. The fraction of sp³-hybridized carbons (Fsp3) is 0.0667. The van der Waals surface area contributed by atoms with Crippen LogP contribution in [0.5, 0.6) is 5.75 Å². The molecule has 0 aromatic heterocycles. The van der Waals surface area contributed by atoms with Crippen molar-refractivity contribution in [3.8, 4) is 5.75 Å². The quantitative estimate of drug-likeness (QED) is 0.759. The molecule has 0 aliphatic rings. The lowest BCUT2D eigenvalue weighted by atomic mass is 10.1. The van der Waals surface area contributed by atoms with Crippen LogP contribution < -0.4 is 11.1 Å². The molecule has 2 aromatic rings. The predicted molar refractivity (Wildman–Crippen MR) is 88.1 cm³/mol. The van der Waals surface area contributed by atoms with Gasteiger partial charge in [-0.1, -0.05) is 36.0 Å². The average molecular weight is 321 g/mol. The van der Waals surface area contributed by atoms with Gasteiger partial charge in [0, 0.05) is 10.6 Å². The maximum atomic E-state index is 12.3. The summed E-state index contributed by atoms with van der Waals surface area (Å²) in [6, 6.07) is 9.76. The van der Waals surface area contributed by atoms with Crippen molar-refractivity contribution in [2.75, 3.05) is 5.32 Å². The van der Waals surface area contributed by atoms with E-state index in [2.05, 4.69) is 5.32 Å². The van der Waals surface area contributed by atoms with E-state index in [1.807, 2.05) is 0 Å². The summed E-state index contributed by atoms with van der Waals surface area (Å²) >= 11 is 10.9. The van der Waals surface area contributed by atoms with Gasteiger partial charge in [-0.25, -0.2) is 0 Å². The van der Waals surface area contributed by atoms with Gasteiger partial charge >= 0.3 is 0 Å². The predicted octanol–water partition coefficient (Wildman–Crippen LogP) is 3.24. The van der Waals surface area contributed by atoms with Crippen LogP contribution in [0.15, 0.2) is 36.4 Å². The number of amides is 1. The van der Waals surface area contributed by atoms with Crippen LogP contribution in [0.4, 0.5) is 5.69 Å². The number of hydrogen-bond acceptors (Lipinski definition) is 3. The molecule has 0 fully saturated rings. The number of phenols is 1. The molecule has 2 rings (SSSR count). The van der Waals surface area contributed by atoms with E-state index in [0.717, 1.165) is 0 Å². The number of carbonyl (C=O) groups is 1. The molecule has 0 aliphatic heterocycles. The number of para-hydroxylation sites is 1. The number of rotatable bonds is 3. The third-order valence-corrected chi connectivity index (χ3v) is 3.43. The second-order valence-corrected chi connectivity index (χ2v) is 5.36. The fourth-order valence-electron chi connectivity index (χ4n) is 1.87. The molecule has 0 saturated carbocycles. The van der Waals surface area contributed by atoms with Gasteiger partial charge in [-0.05, 0) is 36.8 Å². The van der Waals surface area contributed by atoms with Crippen LogP contribution in [-0.2, 0) is 0 Å². The van der Waals surface area contributed by atoms with Crippen molar-refractivity contribution >= 4 is 40.4 Å². The maximum absolute atomic E-state index is 12.3. The van der Waals surface area contributed by atoms with Gasteiger partial charge in [-0.3, -0.25) is 4.79 Å². The van der Waals surface area contributed by atoms with Crippen LogP contribution in [0, 0.1) is 6.92 Å². The van der Waals surface area contributed by atoms with E-state index in [1.165, 1.54) is 6.07 Å². The summed E-state index contributed by atoms with van der Waals surface area (Å²) in [4.78, 5) is 12.4. The van der Waals surface area contributed by atoms with Crippen molar-refractivity contribution in [2.24, 2.45) is 5.73 Å². The Bertz CT molecular complexity index is 732. The Morgan fingerprint density at radius 2 is 2.00 bits per heavy atom. The van der Waals surface area contributed by atoms with Gasteiger partial charge in [-0.15, -0.1) is 0 Å². The van der Waals surface area contributed by atoms with Gasteiger partial charge in [0.2, 0.25) is 0 Å². The molecule has 0 unspecified atom stereocenters. The summed E-state index contributed by atoms with van der Waals surface area (Å²) in [5.74, 6) is -0.523. The van der Waals surface area contributed by atoms with Gasteiger partial charge in [0.15, 0.2) is 0 Å². The third-order valence-electron chi connectivity index (χ3n) is 2.98. The Morgan fingerprint density at radius 3 is 2.67 bits per heavy atom. The maximum Gasteiger partial charge on any atom is 0.259 e. The van der Waals surface area contributed by atoms with Crippen molar-refractivity contribution in [1.82, 2.24) is 0 Å². The molecule has 21 heavy (non-hydrogen) atoms. The highest BCUT2D eigenvalue weighted by molar-refractivity contribution is 7.80. The number of benzene rings is 2. The van der Waals surface area contributed by atoms with Gasteiger partial charge in [0.05, 0.1) is 11.3 Å². The summed E-state index contributed by atoms with van der Waals surface area (Å²) < 4.78 is 0. The summed E-state index contributed by atoms with van der Waals surface area (Å²) in [5, 5.41) is 13.1. The number of nitrogens with two attached hydrogens (primary N) is 1. The van der Waals surface area contributed by atoms with E-state index in [0.29, 0.717) is 21.8 Å². The molecule has 108 valence electrons. The third kappa shape index (κ3) is 3.32. The number of thiocarbonyl (C=S) groups is 1.